The van der Waals surface area contributed by atoms with E-state index in [4.69, 9.17) is 14.7 Å². The van der Waals surface area contributed by atoms with Gasteiger partial charge in [-0.15, -0.1) is 0 Å². The van der Waals surface area contributed by atoms with Gasteiger partial charge in [-0.3, -0.25) is 0 Å². The summed E-state index contributed by atoms with van der Waals surface area (Å²) < 4.78 is 10.9. The average molecular weight is 195 g/mol. The van der Waals surface area contributed by atoms with Gasteiger partial charge < -0.3 is 14.7 Å². The number of nitrogens with zero attached hydrogens (tertiary/aromatic N) is 1. The number of ether oxygens (including phenoxy) is 2. The van der Waals surface area contributed by atoms with Crippen LogP contribution in [0.1, 0.15) is 5.56 Å². The molecule has 1 aliphatic rings. The third kappa shape index (κ3) is 1.81. The maximum absolute atomic E-state index is 9.14. The molecule has 0 atom stereocenters. The van der Waals surface area contributed by atoms with Gasteiger partial charge in [0.2, 0.25) is 0 Å². The predicted octanol–water partition coefficient (Wildman–Crippen LogP) is 1.28. The lowest BCUT2D eigenvalue weighted by atomic mass is 10.1. The smallest absolute Gasteiger partial charge is 0.165 e. The Morgan fingerprint density at radius 2 is 2.14 bits per heavy atom. The number of rotatable bonds is 2. The second-order valence-electron chi connectivity index (χ2n) is 3.26. The molecule has 0 spiro atoms. The first-order valence-electron chi connectivity index (χ1n) is 4.55. The van der Waals surface area contributed by atoms with E-state index in [0.717, 1.165) is 22.1 Å². The van der Waals surface area contributed by atoms with Gasteiger partial charge in [-0.05, 0) is 6.07 Å². The molecule has 1 aliphatic heterocycles. The van der Waals surface area contributed by atoms with Crippen LogP contribution in [0.3, 0.4) is 0 Å². The van der Waals surface area contributed by atoms with Crippen LogP contribution >= 0.6 is 0 Å². The fourth-order valence-corrected chi connectivity index (χ4v) is 1.51. The summed E-state index contributed by atoms with van der Waals surface area (Å²) in [6.07, 6.45) is 0. The van der Waals surface area contributed by atoms with Crippen LogP contribution in [0.25, 0.3) is 0 Å². The molecule has 1 aromatic rings. The Morgan fingerprint density at radius 1 is 1.36 bits per heavy atom. The van der Waals surface area contributed by atoms with Crippen LogP contribution in [0.2, 0.25) is 0 Å². The number of para-hydroxylation sites is 1. The minimum atomic E-state index is 0.437. The van der Waals surface area contributed by atoms with Crippen molar-refractivity contribution in [3.8, 4) is 11.5 Å². The summed E-state index contributed by atoms with van der Waals surface area (Å²) in [4.78, 5) is 0. The molecule has 1 aromatic carbocycles. The highest BCUT2D eigenvalue weighted by molar-refractivity contribution is 5.47. The molecule has 4 nitrogen and oxygen atoms in total. The van der Waals surface area contributed by atoms with E-state index in [-0.39, 0.29) is 0 Å². The molecule has 4 heteroatoms. The highest BCUT2D eigenvalue weighted by Crippen LogP contribution is 2.33. The van der Waals surface area contributed by atoms with Crippen LogP contribution in [0.4, 0.5) is 0 Å². The summed E-state index contributed by atoms with van der Waals surface area (Å²) >= 11 is 0. The van der Waals surface area contributed by atoms with Crippen LogP contribution in [-0.4, -0.2) is 30.5 Å². The third-order valence-electron chi connectivity index (χ3n) is 2.05. The Bertz CT molecular complexity index is 325. The molecular weight excluding hydrogens is 182 g/mol. The van der Waals surface area contributed by atoms with Gasteiger partial charge in [0.25, 0.3) is 0 Å². The van der Waals surface area contributed by atoms with E-state index in [1.54, 1.807) is 7.05 Å². The van der Waals surface area contributed by atoms with Crippen LogP contribution in [0.5, 0.6) is 11.5 Å². The van der Waals surface area contributed by atoms with Gasteiger partial charge in [0.1, 0.15) is 13.2 Å². The van der Waals surface area contributed by atoms with Gasteiger partial charge in [-0.1, -0.05) is 12.1 Å². The zero-order valence-electron chi connectivity index (χ0n) is 8.06. The molecular formula is C10H13NO3. The molecule has 76 valence electrons. The fraction of sp³-hybridized carbons (Fsp3) is 0.400. The maximum atomic E-state index is 9.14. The predicted molar refractivity (Wildman–Crippen MR) is 50.7 cm³/mol. The number of hydroxylamine groups is 2. The monoisotopic (exact) mass is 195 g/mol. The van der Waals surface area contributed by atoms with E-state index >= 15 is 0 Å². The minimum absolute atomic E-state index is 0.437. The van der Waals surface area contributed by atoms with Crippen molar-refractivity contribution in [3.05, 3.63) is 23.8 Å². The van der Waals surface area contributed by atoms with Crippen LogP contribution < -0.4 is 9.47 Å². The summed E-state index contributed by atoms with van der Waals surface area (Å²) in [6.45, 7) is 1.59. The average Bonchev–Trinajstić information content (AvgIpc) is 2.18. The van der Waals surface area contributed by atoms with Crippen LogP contribution in [-0.2, 0) is 6.54 Å². The topological polar surface area (TPSA) is 41.9 Å². The van der Waals surface area contributed by atoms with E-state index in [2.05, 4.69) is 0 Å². The molecule has 0 saturated heterocycles. The minimum Gasteiger partial charge on any atom is -0.486 e. The van der Waals surface area contributed by atoms with Crippen molar-refractivity contribution in [3.63, 3.8) is 0 Å². The van der Waals surface area contributed by atoms with E-state index in [0.29, 0.717) is 19.8 Å². The Balaban J connectivity index is 2.30. The number of benzene rings is 1. The van der Waals surface area contributed by atoms with Gasteiger partial charge in [0.15, 0.2) is 11.5 Å². The van der Waals surface area contributed by atoms with Crippen molar-refractivity contribution in [2.75, 3.05) is 20.3 Å². The van der Waals surface area contributed by atoms with Crippen molar-refractivity contribution >= 4 is 0 Å². The van der Waals surface area contributed by atoms with Crippen LogP contribution in [0.15, 0.2) is 18.2 Å². The van der Waals surface area contributed by atoms with E-state index in [1.807, 2.05) is 18.2 Å². The Labute approximate surface area is 82.6 Å². The molecule has 2 rings (SSSR count). The van der Waals surface area contributed by atoms with Gasteiger partial charge in [-0.25, -0.2) is 0 Å². The molecule has 0 saturated carbocycles. The summed E-state index contributed by atoms with van der Waals surface area (Å²) in [5.74, 6) is 1.51. The molecule has 1 N–H and O–H groups in total. The quantitative estimate of drug-likeness (QED) is 0.722. The lowest BCUT2D eigenvalue weighted by Gasteiger charge is -2.21. The molecule has 0 bridgehead atoms. The van der Waals surface area contributed by atoms with Crippen molar-refractivity contribution in [1.29, 1.82) is 0 Å². The first-order valence-corrected chi connectivity index (χ1v) is 4.55. The zero-order valence-corrected chi connectivity index (χ0v) is 8.06. The highest BCUT2D eigenvalue weighted by Gasteiger charge is 2.15. The number of hydrogen-bond acceptors (Lipinski definition) is 4. The molecule has 0 radical (unpaired) electrons. The first-order chi connectivity index (χ1) is 6.77. The molecule has 0 fully saturated rings. The van der Waals surface area contributed by atoms with Crippen molar-refractivity contribution in [2.24, 2.45) is 0 Å². The third-order valence-corrected chi connectivity index (χ3v) is 2.05. The van der Waals surface area contributed by atoms with Crippen molar-refractivity contribution in [2.45, 2.75) is 6.54 Å². The molecule has 0 unspecified atom stereocenters. The van der Waals surface area contributed by atoms with Gasteiger partial charge >= 0.3 is 0 Å². The first kappa shape index (κ1) is 9.30. The lowest BCUT2D eigenvalue weighted by molar-refractivity contribution is -0.0738. The zero-order chi connectivity index (χ0) is 9.97. The maximum Gasteiger partial charge on any atom is 0.165 e. The van der Waals surface area contributed by atoms with Gasteiger partial charge in [0.05, 0.1) is 6.54 Å². The van der Waals surface area contributed by atoms with Crippen LogP contribution in [0, 0.1) is 0 Å². The summed E-state index contributed by atoms with van der Waals surface area (Å²) in [6, 6.07) is 5.68. The lowest BCUT2D eigenvalue weighted by Crippen LogP contribution is -2.19. The Hall–Kier alpha value is -1.26. The summed E-state index contributed by atoms with van der Waals surface area (Å²) in [5, 5.41) is 10.3. The molecule has 0 amide bonds. The van der Waals surface area contributed by atoms with Gasteiger partial charge in [-0.2, -0.15) is 5.06 Å². The van der Waals surface area contributed by atoms with Gasteiger partial charge in [0, 0.05) is 12.6 Å². The molecule has 0 aliphatic carbocycles. The second-order valence-corrected chi connectivity index (χ2v) is 3.26. The summed E-state index contributed by atoms with van der Waals surface area (Å²) in [5.41, 5.74) is 0.937. The highest BCUT2D eigenvalue weighted by atomic mass is 16.6. The Kier molecular flexibility index (Phi) is 2.56. The normalized spacial score (nSPS) is 14.5. The SMILES string of the molecule is CN(O)Cc1cccc2c1OCCO2. The molecule has 1 heterocycles. The second kappa shape index (κ2) is 3.86. The van der Waals surface area contributed by atoms with Crippen molar-refractivity contribution < 1.29 is 14.7 Å². The van der Waals surface area contributed by atoms with E-state index in [1.165, 1.54) is 0 Å². The van der Waals surface area contributed by atoms with E-state index in [9.17, 15) is 0 Å². The summed E-state index contributed by atoms with van der Waals surface area (Å²) in [7, 11) is 1.60. The fourth-order valence-electron chi connectivity index (χ4n) is 1.51. The number of fused-ring (bicyclic) bond motifs is 1. The largest absolute Gasteiger partial charge is 0.486 e. The Morgan fingerprint density at radius 3 is 2.93 bits per heavy atom. The molecule has 14 heavy (non-hydrogen) atoms. The number of hydrogen-bond donors (Lipinski definition) is 1. The van der Waals surface area contributed by atoms with Crippen molar-refractivity contribution in [1.82, 2.24) is 5.06 Å². The molecule has 0 aromatic heterocycles. The standard InChI is InChI=1S/C10H13NO3/c1-11(12)7-8-3-2-4-9-10(8)14-6-5-13-9/h2-4,12H,5-7H2,1H3. The van der Waals surface area contributed by atoms with E-state index < -0.39 is 0 Å².